The number of hydrogen-bond acceptors (Lipinski definition) is 6. The minimum atomic E-state index is -4.70. The standard InChI is InChI=1S/C19H14F3N5O3S/c1-12-15(30-26-31(28,29)13-6-3-2-4-7-13)9-8-14(19(20,21)22)16(12)17-24-18-23-10-5-11-27(18)25-17/h2-11,26H,1H3. The highest BCUT2D eigenvalue weighted by molar-refractivity contribution is 7.89. The maximum absolute atomic E-state index is 13.7. The van der Waals surface area contributed by atoms with Crippen LogP contribution >= 0.6 is 0 Å². The molecule has 0 atom stereocenters. The number of fused-ring (bicyclic) bond motifs is 1. The van der Waals surface area contributed by atoms with Crippen molar-refractivity contribution >= 4 is 15.8 Å². The quantitative estimate of drug-likeness (QED) is 0.469. The van der Waals surface area contributed by atoms with Gasteiger partial charge in [-0.25, -0.2) is 17.9 Å². The van der Waals surface area contributed by atoms with E-state index in [4.69, 9.17) is 4.84 Å². The first-order chi connectivity index (χ1) is 14.7. The van der Waals surface area contributed by atoms with Crippen LogP contribution in [0.3, 0.4) is 0 Å². The first-order valence-corrected chi connectivity index (χ1v) is 10.3. The number of nitrogens with zero attached hydrogens (tertiary/aromatic N) is 4. The fraction of sp³-hybridized carbons (Fsp3) is 0.105. The van der Waals surface area contributed by atoms with Crippen LogP contribution in [0, 0.1) is 6.92 Å². The topological polar surface area (TPSA) is 98.5 Å². The van der Waals surface area contributed by atoms with Crippen LogP contribution in [0.15, 0.2) is 65.8 Å². The summed E-state index contributed by atoms with van der Waals surface area (Å²) in [6, 6.07) is 10.8. The highest BCUT2D eigenvalue weighted by atomic mass is 32.2. The van der Waals surface area contributed by atoms with Gasteiger partial charge in [-0.05, 0) is 42.1 Å². The van der Waals surface area contributed by atoms with E-state index in [0.717, 1.165) is 12.1 Å². The number of nitrogens with one attached hydrogen (secondary N) is 1. The van der Waals surface area contributed by atoms with Crippen LogP contribution in [0.5, 0.6) is 5.75 Å². The van der Waals surface area contributed by atoms with Crippen LogP contribution in [0.1, 0.15) is 11.1 Å². The molecule has 0 amide bonds. The molecule has 0 aliphatic rings. The zero-order valence-electron chi connectivity index (χ0n) is 15.8. The van der Waals surface area contributed by atoms with Gasteiger partial charge in [-0.15, -0.1) is 5.10 Å². The summed E-state index contributed by atoms with van der Waals surface area (Å²) in [5.41, 5.74) is -1.32. The number of hydrogen-bond donors (Lipinski definition) is 1. The Morgan fingerprint density at radius 3 is 2.48 bits per heavy atom. The van der Waals surface area contributed by atoms with E-state index >= 15 is 0 Å². The predicted molar refractivity (Wildman–Crippen MR) is 103 cm³/mol. The van der Waals surface area contributed by atoms with Crippen molar-refractivity contribution in [2.45, 2.75) is 18.0 Å². The number of aromatic nitrogens is 4. The first kappa shape index (κ1) is 20.8. The summed E-state index contributed by atoms with van der Waals surface area (Å²) in [5.74, 6) is -0.240. The Kier molecular flexibility index (Phi) is 5.11. The van der Waals surface area contributed by atoms with Gasteiger partial charge in [-0.2, -0.15) is 18.2 Å². The molecule has 0 bridgehead atoms. The molecule has 12 heteroatoms. The molecular formula is C19H14F3N5O3S. The lowest BCUT2D eigenvalue weighted by atomic mass is 10.00. The third kappa shape index (κ3) is 4.07. The fourth-order valence-corrected chi connectivity index (χ4v) is 3.72. The van der Waals surface area contributed by atoms with E-state index in [9.17, 15) is 21.6 Å². The Morgan fingerprint density at radius 2 is 1.81 bits per heavy atom. The van der Waals surface area contributed by atoms with Gasteiger partial charge in [-0.1, -0.05) is 18.2 Å². The van der Waals surface area contributed by atoms with Crippen molar-refractivity contribution in [1.29, 1.82) is 0 Å². The molecule has 4 aromatic rings. The van der Waals surface area contributed by atoms with E-state index < -0.39 is 21.8 Å². The SMILES string of the molecule is Cc1c(ONS(=O)(=O)c2ccccc2)ccc(C(F)(F)F)c1-c1nc2ncccn2n1. The number of alkyl halides is 3. The summed E-state index contributed by atoms with van der Waals surface area (Å²) in [5, 5.41) is 4.06. The lowest BCUT2D eigenvalue weighted by Gasteiger charge is -2.16. The van der Waals surface area contributed by atoms with E-state index in [1.165, 1.54) is 48.1 Å². The van der Waals surface area contributed by atoms with Gasteiger partial charge < -0.3 is 4.84 Å². The summed E-state index contributed by atoms with van der Waals surface area (Å²) in [6.45, 7) is 1.36. The molecule has 8 nitrogen and oxygen atoms in total. The maximum Gasteiger partial charge on any atom is 0.417 e. The van der Waals surface area contributed by atoms with Crippen LogP contribution in [-0.4, -0.2) is 28.0 Å². The monoisotopic (exact) mass is 449 g/mol. The highest BCUT2D eigenvalue weighted by Crippen LogP contribution is 2.40. The molecule has 0 aliphatic heterocycles. The zero-order valence-corrected chi connectivity index (χ0v) is 16.6. The smallest absolute Gasteiger partial charge is 0.393 e. The van der Waals surface area contributed by atoms with Gasteiger partial charge >= 0.3 is 6.18 Å². The van der Waals surface area contributed by atoms with Crippen LogP contribution in [0.2, 0.25) is 0 Å². The number of halogens is 3. The van der Waals surface area contributed by atoms with E-state index in [-0.39, 0.29) is 33.4 Å². The fourth-order valence-electron chi connectivity index (χ4n) is 2.91. The normalized spacial score (nSPS) is 12.3. The Hall–Kier alpha value is -3.51. The van der Waals surface area contributed by atoms with Crippen LogP contribution < -0.4 is 9.72 Å². The Bertz CT molecular complexity index is 1320. The maximum atomic E-state index is 13.7. The van der Waals surface area contributed by atoms with Crippen LogP contribution in [-0.2, 0) is 16.2 Å². The van der Waals surface area contributed by atoms with E-state index in [2.05, 4.69) is 15.1 Å². The number of rotatable bonds is 5. The van der Waals surface area contributed by atoms with Crippen molar-refractivity contribution in [3.05, 3.63) is 72.1 Å². The van der Waals surface area contributed by atoms with E-state index in [1.54, 1.807) is 12.1 Å². The molecule has 0 aliphatic carbocycles. The van der Waals surface area contributed by atoms with Crippen molar-refractivity contribution < 1.29 is 26.4 Å². The molecule has 0 radical (unpaired) electrons. The molecule has 4 rings (SSSR count). The second-order valence-corrected chi connectivity index (χ2v) is 8.06. The molecule has 2 heterocycles. The summed E-state index contributed by atoms with van der Waals surface area (Å²) in [6.07, 6.45) is -1.77. The van der Waals surface area contributed by atoms with Crippen molar-refractivity contribution in [2.24, 2.45) is 0 Å². The largest absolute Gasteiger partial charge is 0.417 e. The van der Waals surface area contributed by atoms with Crippen molar-refractivity contribution in [1.82, 2.24) is 24.5 Å². The molecule has 31 heavy (non-hydrogen) atoms. The molecule has 2 aromatic carbocycles. The minimum absolute atomic E-state index is 0.00138. The van der Waals surface area contributed by atoms with E-state index in [0.29, 0.717) is 0 Å². The van der Waals surface area contributed by atoms with Gasteiger partial charge in [0.15, 0.2) is 11.6 Å². The molecule has 0 spiro atoms. The predicted octanol–water partition coefficient (Wildman–Crippen LogP) is 3.39. The Balaban J connectivity index is 1.76. The summed E-state index contributed by atoms with van der Waals surface area (Å²) < 4.78 is 67.0. The molecule has 160 valence electrons. The van der Waals surface area contributed by atoms with Crippen molar-refractivity contribution in [2.75, 3.05) is 0 Å². The van der Waals surface area contributed by atoms with Crippen molar-refractivity contribution in [3.8, 4) is 17.1 Å². The number of benzene rings is 2. The lowest BCUT2D eigenvalue weighted by Crippen LogP contribution is -2.27. The molecule has 0 saturated carbocycles. The minimum Gasteiger partial charge on any atom is -0.393 e. The van der Waals surface area contributed by atoms with Gasteiger partial charge in [-0.3, -0.25) is 0 Å². The molecule has 0 saturated heterocycles. The van der Waals surface area contributed by atoms with Gasteiger partial charge in [0.1, 0.15) is 0 Å². The van der Waals surface area contributed by atoms with E-state index in [1.807, 2.05) is 4.89 Å². The molecule has 2 aromatic heterocycles. The third-order valence-electron chi connectivity index (χ3n) is 4.38. The molecule has 1 N–H and O–H groups in total. The van der Waals surface area contributed by atoms with Crippen LogP contribution in [0.4, 0.5) is 13.2 Å². The second-order valence-electron chi connectivity index (χ2n) is 6.41. The van der Waals surface area contributed by atoms with Crippen LogP contribution in [0.25, 0.3) is 17.2 Å². The Morgan fingerprint density at radius 1 is 1.06 bits per heavy atom. The second kappa shape index (κ2) is 7.63. The summed E-state index contributed by atoms with van der Waals surface area (Å²) in [4.78, 5) is 15.1. The molecular weight excluding hydrogens is 435 g/mol. The molecule has 0 fully saturated rings. The van der Waals surface area contributed by atoms with Gasteiger partial charge in [0, 0.05) is 23.5 Å². The molecule has 0 unspecified atom stereocenters. The first-order valence-electron chi connectivity index (χ1n) is 8.79. The third-order valence-corrected chi connectivity index (χ3v) is 5.57. The van der Waals surface area contributed by atoms with Gasteiger partial charge in [0.05, 0.1) is 10.5 Å². The Labute approximate surface area is 174 Å². The average molecular weight is 449 g/mol. The average Bonchev–Trinajstić information content (AvgIpc) is 3.16. The zero-order chi connectivity index (χ0) is 22.2. The summed E-state index contributed by atoms with van der Waals surface area (Å²) in [7, 11) is -4.05. The lowest BCUT2D eigenvalue weighted by molar-refractivity contribution is -0.137. The summed E-state index contributed by atoms with van der Waals surface area (Å²) >= 11 is 0. The van der Waals surface area contributed by atoms with Gasteiger partial charge in [0.25, 0.3) is 15.8 Å². The highest BCUT2D eigenvalue weighted by Gasteiger charge is 2.36. The van der Waals surface area contributed by atoms with Crippen molar-refractivity contribution in [3.63, 3.8) is 0 Å². The number of sulfonamides is 1. The van der Waals surface area contributed by atoms with Gasteiger partial charge in [0.2, 0.25) is 0 Å².